The van der Waals surface area contributed by atoms with Crippen LogP contribution in [-0.4, -0.2) is 28.1 Å². The van der Waals surface area contributed by atoms with Gasteiger partial charge in [-0.2, -0.15) is 0 Å². The molecule has 5 rings (SSSR count). The molecule has 0 atom stereocenters. The second-order valence-corrected chi connectivity index (χ2v) is 9.23. The zero-order valence-corrected chi connectivity index (χ0v) is 18.5. The number of ether oxygens (including phenoxy) is 1. The van der Waals surface area contributed by atoms with E-state index in [1.54, 1.807) is 11.3 Å². The monoisotopic (exact) mass is 420 g/mol. The number of carbonyl (C=O) groups excluding carboxylic acids is 1. The number of hydrogen-bond donors (Lipinski definition) is 0. The summed E-state index contributed by atoms with van der Waals surface area (Å²) in [5, 5.41) is 4.36. The predicted molar refractivity (Wildman–Crippen MR) is 124 cm³/mol. The molecule has 4 heterocycles. The summed E-state index contributed by atoms with van der Waals surface area (Å²) in [4.78, 5) is 15.2. The second kappa shape index (κ2) is 8.05. The second-order valence-electron chi connectivity index (χ2n) is 8.34. The van der Waals surface area contributed by atoms with E-state index >= 15 is 0 Å². The van der Waals surface area contributed by atoms with Gasteiger partial charge in [-0.15, -0.1) is 11.3 Å². The van der Waals surface area contributed by atoms with Gasteiger partial charge in [0, 0.05) is 48.3 Å². The summed E-state index contributed by atoms with van der Waals surface area (Å²) in [6, 6.07) is 12.5. The van der Waals surface area contributed by atoms with E-state index in [1.807, 2.05) is 6.07 Å². The molecule has 0 radical (unpaired) electrons. The molecule has 4 aromatic rings. The Hall–Kier alpha value is -2.37. The molecular formula is C25H28N2O2S. The number of benzene rings is 1. The summed E-state index contributed by atoms with van der Waals surface area (Å²) in [5.41, 5.74) is 3.91. The van der Waals surface area contributed by atoms with Crippen molar-refractivity contribution in [1.29, 1.82) is 0 Å². The average molecular weight is 421 g/mol. The predicted octanol–water partition coefficient (Wildman–Crippen LogP) is 6.03. The highest BCUT2D eigenvalue weighted by molar-refractivity contribution is 7.16. The fourth-order valence-corrected chi connectivity index (χ4v) is 5.80. The van der Waals surface area contributed by atoms with Gasteiger partial charge in [-0.25, -0.2) is 0 Å². The molecule has 5 heteroatoms. The van der Waals surface area contributed by atoms with Gasteiger partial charge in [0.15, 0.2) is 0 Å². The maximum Gasteiger partial charge on any atom is 0.211 e. The lowest BCUT2D eigenvalue weighted by atomic mass is 9.99. The highest BCUT2D eigenvalue weighted by atomic mass is 32.1. The molecular weight excluding hydrogens is 392 g/mol. The standard InChI is InChI=1S/C25H28N2O2S/c1-3-11-26-17(2)23(20-6-4-5-7-21(20)26)24(28)22-15-19-10-14-30-25(19)27(22)16-18-8-12-29-13-9-18/h4-7,10,14-15,18H,3,8-9,11-13,16H2,1-2H3. The lowest BCUT2D eigenvalue weighted by molar-refractivity contribution is 0.0614. The van der Waals surface area contributed by atoms with Crippen LogP contribution >= 0.6 is 11.3 Å². The van der Waals surface area contributed by atoms with Crippen LogP contribution in [0.4, 0.5) is 0 Å². The van der Waals surface area contributed by atoms with Crippen LogP contribution < -0.4 is 0 Å². The summed E-state index contributed by atoms with van der Waals surface area (Å²) in [5.74, 6) is 0.708. The van der Waals surface area contributed by atoms with E-state index in [-0.39, 0.29) is 5.78 Å². The third-order valence-corrected chi connectivity index (χ3v) is 7.37. The zero-order chi connectivity index (χ0) is 20.7. The SMILES string of the molecule is CCCn1c(C)c(C(=O)c2cc3ccsc3n2CC2CCOCC2)c2ccccc21. The molecule has 0 saturated carbocycles. The van der Waals surface area contributed by atoms with Crippen LogP contribution in [-0.2, 0) is 17.8 Å². The van der Waals surface area contributed by atoms with Crippen molar-refractivity contribution in [2.24, 2.45) is 5.92 Å². The number of ketones is 1. The quantitative estimate of drug-likeness (QED) is 0.357. The maximum absolute atomic E-state index is 14.0. The Balaban J connectivity index is 1.63. The minimum absolute atomic E-state index is 0.147. The molecule has 1 fully saturated rings. The van der Waals surface area contributed by atoms with E-state index < -0.39 is 0 Å². The fraction of sp³-hybridized carbons (Fsp3) is 0.400. The van der Waals surface area contributed by atoms with Gasteiger partial charge in [0.05, 0.1) is 11.3 Å². The van der Waals surface area contributed by atoms with Crippen molar-refractivity contribution in [3.8, 4) is 0 Å². The maximum atomic E-state index is 14.0. The Labute approximate surface area is 181 Å². The van der Waals surface area contributed by atoms with Crippen LogP contribution in [0.1, 0.15) is 47.9 Å². The van der Waals surface area contributed by atoms with Crippen LogP contribution in [0.2, 0.25) is 0 Å². The number of fused-ring (bicyclic) bond motifs is 2. The third kappa shape index (κ3) is 3.21. The number of carbonyl (C=O) groups is 1. The smallest absolute Gasteiger partial charge is 0.211 e. The molecule has 1 aliphatic heterocycles. The molecule has 4 nitrogen and oxygen atoms in total. The van der Waals surface area contributed by atoms with Gasteiger partial charge in [-0.1, -0.05) is 25.1 Å². The number of hydrogen-bond acceptors (Lipinski definition) is 3. The molecule has 0 unspecified atom stereocenters. The Morgan fingerprint density at radius 1 is 1.17 bits per heavy atom. The molecule has 156 valence electrons. The van der Waals surface area contributed by atoms with Crippen LogP contribution in [0.25, 0.3) is 21.1 Å². The molecule has 0 spiro atoms. The van der Waals surface area contributed by atoms with Gasteiger partial charge < -0.3 is 13.9 Å². The molecule has 0 amide bonds. The molecule has 30 heavy (non-hydrogen) atoms. The van der Waals surface area contributed by atoms with Crippen molar-refractivity contribution in [2.75, 3.05) is 13.2 Å². The number of thiophene rings is 1. The Morgan fingerprint density at radius 3 is 2.77 bits per heavy atom. The van der Waals surface area contributed by atoms with Crippen LogP contribution in [0.3, 0.4) is 0 Å². The summed E-state index contributed by atoms with van der Waals surface area (Å²) in [6.45, 7) is 7.75. The molecule has 0 N–H and O–H groups in total. The summed E-state index contributed by atoms with van der Waals surface area (Å²) in [7, 11) is 0. The van der Waals surface area contributed by atoms with E-state index in [9.17, 15) is 4.79 Å². The van der Waals surface area contributed by atoms with Crippen molar-refractivity contribution < 1.29 is 9.53 Å². The average Bonchev–Trinajstić information content (AvgIpc) is 3.43. The van der Waals surface area contributed by atoms with E-state index in [2.05, 4.69) is 58.7 Å². The first-order valence-electron chi connectivity index (χ1n) is 11.0. The van der Waals surface area contributed by atoms with Crippen LogP contribution in [0.5, 0.6) is 0 Å². The first-order valence-corrected chi connectivity index (χ1v) is 11.8. The van der Waals surface area contributed by atoms with Crippen molar-refractivity contribution in [3.63, 3.8) is 0 Å². The van der Waals surface area contributed by atoms with E-state index in [0.717, 1.165) is 73.4 Å². The number of para-hydroxylation sites is 1. The molecule has 3 aromatic heterocycles. The van der Waals surface area contributed by atoms with Crippen LogP contribution in [0, 0.1) is 12.8 Å². The Kier molecular flexibility index (Phi) is 5.25. The van der Waals surface area contributed by atoms with Crippen molar-refractivity contribution >= 4 is 38.2 Å². The van der Waals surface area contributed by atoms with Crippen molar-refractivity contribution in [1.82, 2.24) is 9.13 Å². The zero-order valence-electron chi connectivity index (χ0n) is 17.7. The van der Waals surface area contributed by atoms with Gasteiger partial charge in [0.25, 0.3) is 0 Å². The highest BCUT2D eigenvalue weighted by Gasteiger charge is 2.26. The van der Waals surface area contributed by atoms with Crippen molar-refractivity contribution in [2.45, 2.75) is 46.2 Å². The van der Waals surface area contributed by atoms with Gasteiger partial charge in [0.1, 0.15) is 4.83 Å². The van der Waals surface area contributed by atoms with E-state index in [1.165, 1.54) is 10.2 Å². The van der Waals surface area contributed by atoms with E-state index in [4.69, 9.17) is 4.74 Å². The Bertz CT molecular complexity index is 1210. The normalized spacial score (nSPS) is 15.4. The van der Waals surface area contributed by atoms with Gasteiger partial charge in [-0.3, -0.25) is 4.79 Å². The molecule has 1 saturated heterocycles. The van der Waals surface area contributed by atoms with Gasteiger partial charge in [0.2, 0.25) is 5.78 Å². The van der Waals surface area contributed by atoms with Crippen molar-refractivity contribution in [3.05, 3.63) is 58.7 Å². The first-order chi connectivity index (χ1) is 14.7. The molecule has 1 aliphatic rings. The summed E-state index contributed by atoms with van der Waals surface area (Å²) >= 11 is 1.73. The number of nitrogens with zero attached hydrogens (tertiary/aromatic N) is 2. The minimum atomic E-state index is 0.147. The fourth-order valence-electron chi connectivity index (χ4n) is 4.89. The van der Waals surface area contributed by atoms with Crippen LogP contribution in [0.15, 0.2) is 41.8 Å². The Morgan fingerprint density at radius 2 is 1.97 bits per heavy atom. The molecule has 0 bridgehead atoms. The topological polar surface area (TPSA) is 36.2 Å². The minimum Gasteiger partial charge on any atom is -0.381 e. The first kappa shape index (κ1) is 19.6. The molecule has 1 aromatic carbocycles. The van der Waals surface area contributed by atoms with Gasteiger partial charge >= 0.3 is 0 Å². The van der Waals surface area contributed by atoms with Gasteiger partial charge in [-0.05, 0) is 55.7 Å². The number of rotatable bonds is 6. The molecule has 0 aliphatic carbocycles. The lowest BCUT2D eigenvalue weighted by Gasteiger charge is -2.23. The van der Waals surface area contributed by atoms with E-state index in [0.29, 0.717) is 5.92 Å². The highest BCUT2D eigenvalue weighted by Crippen LogP contribution is 2.33. The third-order valence-electron chi connectivity index (χ3n) is 6.42. The summed E-state index contributed by atoms with van der Waals surface area (Å²) < 4.78 is 10.1. The number of aromatic nitrogens is 2. The summed E-state index contributed by atoms with van der Waals surface area (Å²) in [6.07, 6.45) is 3.17. The number of aryl methyl sites for hydroxylation is 1. The lowest BCUT2D eigenvalue weighted by Crippen LogP contribution is -2.22. The largest absolute Gasteiger partial charge is 0.381 e.